The Kier molecular flexibility index (Phi) is 5.69. The summed E-state index contributed by atoms with van der Waals surface area (Å²) in [6.07, 6.45) is 1.95. The molecule has 0 aromatic rings. The van der Waals surface area contributed by atoms with Crippen molar-refractivity contribution in [3.63, 3.8) is 0 Å². The van der Waals surface area contributed by atoms with E-state index in [0.29, 0.717) is 6.42 Å². The van der Waals surface area contributed by atoms with Gasteiger partial charge >= 0.3 is 11.9 Å². The number of ether oxygens (including phenoxy) is 1. The van der Waals surface area contributed by atoms with E-state index in [-0.39, 0.29) is 25.4 Å². The van der Waals surface area contributed by atoms with Crippen LogP contribution in [0.1, 0.15) is 19.3 Å². The number of carbonyl (C=O) groups is 2. The predicted octanol–water partition coefficient (Wildman–Crippen LogP) is 0.970. The van der Waals surface area contributed by atoms with Crippen molar-refractivity contribution >= 4 is 11.9 Å². The number of esters is 1. The summed E-state index contributed by atoms with van der Waals surface area (Å²) in [7, 11) is 0. The molecular formula is C8H12O4. The van der Waals surface area contributed by atoms with Crippen LogP contribution in [-0.4, -0.2) is 23.7 Å². The fraction of sp³-hybridized carbons (Fsp3) is 0.500. The lowest BCUT2D eigenvalue weighted by Crippen LogP contribution is -2.05. The van der Waals surface area contributed by atoms with Gasteiger partial charge in [0.25, 0.3) is 0 Å². The SMILES string of the molecule is C=CCOC(=O)CCCC(=O)O. The molecule has 0 unspecified atom stereocenters. The first-order chi connectivity index (χ1) is 5.66. The van der Waals surface area contributed by atoms with Crippen LogP contribution in [0.15, 0.2) is 12.7 Å². The molecule has 0 atom stereocenters. The van der Waals surface area contributed by atoms with Crippen molar-refractivity contribution in [3.8, 4) is 0 Å². The summed E-state index contributed by atoms with van der Waals surface area (Å²) >= 11 is 0. The standard InChI is InChI=1S/C8H12O4/c1-2-6-12-8(11)5-3-4-7(9)10/h2H,1,3-6H2,(H,9,10). The molecule has 0 aliphatic heterocycles. The van der Waals surface area contributed by atoms with Crippen molar-refractivity contribution in [1.82, 2.24) is 0 Å². The highest BCUT2D eigenvalue weighted by molar-refractivity contribution is 5.71. The molecule has 0 rings (SSSR count). The minimum atomic E-state index is -0.897. The Hall–Kier alpha value is -1.32. The second kappa shape index (κ2) is 6.39. The van der Waals surface area contributed by atoms with Crippen molar-refractivity contribution in [1.29, 1.82) is 0 Å². The lowest BCUT2D eigenvalue weighted by molar-refractivity contribution is -0.142. The van der Waals surface area contributed by atoms with E-state index < -0.39 is 5.97 Å². The third-order valence-electron chi connectivity index (χ3n) is 1.13. The van der Waals surface area contributed by atoms with E-state index in [1.165, 1.54) is 6.08 Å². The maximum absolute atomic E-state index is 10.7. The van der Waals surface area contributed by atoms with Gasteiger partial charge in [0.05, 0.1) is 0 Å². The molecular weight excluding hydrogens is 160 g/mol. The van der Waals surface area contributed by atoms with E-state index >= 15 is 0 Å². The fourth-order valence-corrected chi connectivity index (χ4v) is 0.608. The van der Waals surface area contributed by atoms with E-state index in [4.69, 9.17) is 5.11 Å². The Balaban J connectivity index is 3.31. The van der Waals surface area contributed by atoms with Gasteiger partial charge in [-0.1, -0.05) is 12.7 Å². The number of hydrogen-bond donors (Lipinski definition) is 1. The van der Waals surface area contributed by atoms with Gasteiger partial charge in [0, 0.05) is 12.8 Å². The van der Waals surface area contributed by atoms with Gasteiger partial charge in [-0.3, -0.25) is 9.59 Å². The number of carboxylic acid groups (broad SMARTS) is 1. The number of aliphatic carboxylic acids is 1. The molecule has 0 aromatic heterocycles. The molecule has 0 saturated carbocycles. The van der Waals surface area contributed by atoms with Crippen LogP contribution < -0.4 is 0 Å². The van der Waals surface area contributed by atoms with Gasteiger partial charge in [0.15, 0.2) is 0 Å². The molecule has 12 heavy (non-hydrogen) atoms. The zero-order valence-electron chi connectivity index (χ0n) is 6.78. The van der Waals surface area contributed by atoms with Crippen molar-refractivity contribution < 1.29 is 19.4 Å². The summed E-state index contributed by atoms with van der Waals surface area (Å²) < 4.78 is 4.62. The second-order valence-corrected chi connectivity index (χ2v) is 2.22. The van der Waals surface area contributed by atoms with Crippen LogP contribution in [0.3, 0.4) is 0 Å². The molecule has 0 saturated heterocycles. The Morgan fingerprint density at radius 3 is 2.58 bits per heavy atom. The van der Waals surface area contributed by atoms with Gasteiger partial charge in [-0.15, -0.1) is 0 Å². The lowest BCUT2D eigenvalue weighted by atomic mass is 10.2. The highest BCUT2D eigenvalue weighted by Crippen LogP contribution is 1.97. The normalized spacial score (nSPS) is 9.00. The van der Waals surface area contributed by atoms with Gasteiger partial charge in [-0.05, 0) is 6.42 Å². The fourth-order valence-electron chi connectivity index (χ4n) is 0.608. The third-order valence-corrected chi connectivity index (χ3v) is 1.13. The predicted molar refractivity (Wildman–Crippen MR) is 42.6 cm³/mol. The summed E-state index contributed by atoms with van der Waals surface area (Å²) in [5.74, 6) is -1.28. The number of rotatable bonds is 6. The highest BCUT2D eigenvalue weighted by Gasteiger charge is 2.03. The van der Waals surface area contributed by atoms with Crippen molar-refractivity contribution in [3.05, 3.63) is 12.7 Å². The molecule has 0 aromatic carbocycles. The largest absolute Gasteiger partial charge is 0.481 e. The van der Waals surface area contributed by atoms with Gasteiger partial charge in [-0.2, -0.15) is 0 Å². The van der Waals surface area contributed by atoms with Crippen LogP contribution in [0.2, 0.25) is 0 Å². The molecule has 1 N–H and O–H groups in total. The summed E-state index contributed by atoms with van der Waals surface area (Å²) in [6.45, 7) is 3.56. The first-order valence-electron chi connectivity index (χ1n) is 3.65. The second-order valence-electron chi connectivity index (χ2n) is 2.22. The van der Waals surface area contributed by atoms with Crippen LogP contribution in [0.4, 0.5) is 0 Å². The molecule has 0 aliphatic carbocycles. The van der Waals surface area contributed by atoms with Crippen molar-refractivity contribution in [2.75, 3.05) is 6.61 Å². The van der Waals surface area contributed by atoms with Crippen LogP contribution in [0.25, 0.3) is 0 Å². The minimum absolute atomic E-state index is 0.00316. The third kappa shape index (κ3) is 6.80. The molecule has 0 spiro atoms. The maximum Gasteiger partial charge on any atom is 0.306 e. The van der Waals surface area contributed by atoms with Crippen molar-refractivity contribution in [2.24, 2.45) is 0 Å². The monoisotopic (exact) mass is 172 g/mol. The Morgan fingerprint density at radius 2 is 2.08 bits per heavy atom. The van der Waals surface area contributed by atoms with Crippen LogP contribution in [-0.2, 0) is 14.3 Å². The zero-order chi connectivity index (χ0) is 9.40. The Morgan fingerprint density at radius 1 is 1.42 bits per heavy atom. The molecule has 0 fully saturated rings. The topological polar surface area (TPSA) is 63.6 Å². The highest BCUT2D eigenvalue weighted by atomic mass is 16.5. The average molecular weight is 172 g/mol. The van der Waals surface area contributed by atoms with E-state index in [9.17, 15) is 9.59 Å². The molecule has 0 radical (unpaired) electrons. The van der Waals surface area contributed by atoms with E-state index in [0.717, 1.165) is 0 Å². The van der Waals surface area contributed by atoms with E-state index in [1.54, 1.807) is 0 Å². The summed E-state index contributed by atoms with van der Waals surface area (Å²) in [5.41, 5.74) is 0. The minimum Gasteiger partial charge on any atom is -0.481 e. The van der Waals surface area contributed by atoms with E-state index in [2.05, 4.69) is 11.3 Å². The van der Waals surface area contributed by atoms with Crippen molar-refractivity contribution in [2.45, 2.75) is 19.3 Å². The maximum atomic E-state index is 10.7. The number of hydrogen-bond acceptors (Lipinski definition) is 3. The summed E-state index contributed by atoms with van der Waals surface area (Å²) in [4.78, 5) is 20.7. The number of carboxylic acids is 1. The lowest BCUT2D eigenvalue weighted by Gasteiger charge is -1.99. The van der Waals surface area contributed by atoms with Crippen LogP contribution in [0, 0.1) is 0 Å². The number of carbonyl (C=O) groups excluding carboxylic acids is 1. The first-order valence-corrected chi connectivity index (χ1v) is 3.65. The smallest absolute Gasteiger partial charge is 0.306 e. The van der Waals surface area contributed by atoms with Gasteiger partial charge in [-0.25, -0.2) is 0 Å². The van der Waals surface area contributed by atoms with Crippen LogP contribution in [0.5, 0.6) is 0 Å². The zero-order valence-corrected chi connectivity index (χ0v) is 6.78. The molecule has 0 aliphatic rings. The Labute approximate surface area is 70.8 Å². The molecule has 0 bridgehead atoms. The quantitative estimate of drug-likeness (QED) is 0.479. The van der Waals surface area contributed by atoms with Gasteiger partial charge < -0.3 is 9.84 Å². The summed E-state index contributed by atoms with van der Waals surface area (Å²) in [6, 6.07) is 0. The summed E-state index contributed by atoms with van der Waals surface area (Å²) in [5, 5.41) is 8.23. The average Bonchev–Trinajstić information content (AvgIpc) is 2.00. The Bertz CT molecular complexity index is 174. The molecule has 68 valence electrons. The van der Waals surface area contributed by atoms with Crippen LogP contribution >= 0.6 is 0 Å². The first kappa shape index (κ1) is 10.7. The molecule has 4 heteroatoms. The van der Waals surface area contributed by atoms with Gasteiger partial charge in [0.2, 0.25) is 0 Å². The molecule has 0 heterocycles. The molecule has 4 nitrogen and oxygen atoms in total. The van der Waals surface area contributed by atoms with Gasteiger partial charge in [0.1, 0.15) is 6.61 Å². The van der Waals surface area contributed by atoms with E-state index in [1.807, 2.05) is 0 Å². The molecule has 0 amide bonds.